The van der Waals surface area contributed by atoms with Crippen LogP contribution in [0.15, 0.2) is 66.4 Å². The molecular formula is C44H58ClN5O4Si. The summed E-state index contributed by atoms with van der Waals surface area (Å²) in [5, 5.41) is 1.78. The molecule has 0 radical (unpaired) electrons. The van der Waals surface area contributed by atoms with Gasteiger partial charge in [0.1, 0.15) is 17.6 Å². The summed E-state index contributed by atoms with van der Waals surface area (Å²) in [4.78, 5) is 25.6. The minimum absolute atomic E-state index is 0.152. The van der Waals surface area contributed by atoms with E-state index in [0.29, 0.717) is 30.0 Å². The topological polar surface area (TPSA) is 72.3 Å². The molecule has 9 nitrogen and oxygen atoms in total. The van der Waals surface area contributed by atoms with Gasteiger partial charge in [-0.3, -0.25) is 4.90 Å². The number of aromatic nitrogens is 2. The first kappa shape index (κ1) is 39.4. The highest BCUT2D eigenvalue weighted by molar-refractivity contribution is 6.76. The Bertz CT molecular complexity index is 2030. The van der Waals surface area contributed by atoms with Crippen molar-refractivity contribution in [3.05, 3.63) is 82.5 Å². The summed E-state index contributed by atoms with van der Waals surface area (Å²) < 4.78 is 20.0. The highest BCUT2D eigenvalue weighted by atomic mass is 35.5. The zero-order valence-electron chi connectivity index (χ0n) is 33.8. The van der Waals surface area contributed by atoms with Gasteiger partial charge in [0.2, 0.25) is 5.88 Å². The molecule has 0 spiro atoms. The number of anilines is 3. The van der Waals surface area contributed by atoms with Crippen molar-refractivity contribution in [2.45, 2.75) is 78.4 Å². The smallest absolute Gasteiger partial charge is 0.339 e. The number of carbonyl (C=O) groups is 1. The van der Waals surface area contributed by atoms with Gasteiger partial charge >= 0.3 is 5.97 Å². The lowest BCUT2D eigenvalue weighted by Gasteiger charge is -2.40. The Morgan fingerprint density at radius 2 is 1.76 bits per heavy atom. The van der Waals surface area contributed by atoms with E-state index in [4.69, 9.17) is 30.8 Å². The maximum atomic E-state index is 13.3. The third kappa shape index (κ3) is 9.09. The first-order valence-corrected chi connectivity index (χ1v) is 24.1. The molecule has 0 N–H and O–H groups in total. The molecule has 4 aromatic rings. The molecule has 1 saturated heterocycles. The third-order valence-corrected chi connectivity index (χ3v) is 13.4. The third-order valence-electron chi connectivity index (χ3n) is 11.5. The van der Waals surface area contributed by atoms with E-state index in [1.54, 1.807) is 5.57 Å². The van der Waals surface area contributed by atoms with Crippen LogP contribution in [0, 0.1) is 5.41 Å². The maximum absolute atomic E-state index is 13.3. The number of halogens is 1. The standard InChI is InChI=1S/C44H58ClN5O4Si/c1-31(53-25-26-55(5,6)7)49-19-16-33-27-40-42(46-41(33)49)54-24-8-18-50(40)39-28-36(13-14-38(39)43(51)52-4)48-22-20-47(21-23-48)30-34-29-44(2,3)17-15-37(34)32-9-11-35(45)12-10-32/h9-14,16,19,27-28,31H,8,15,17-18,20-26,29-30H2,1-7H3. The van der Waals surface area contributed by atoms with Crippen LogP contribution in [-0.4, -0.2) is 88.1 Å². The molecule has 7 rings (SSSR count). The summed E-state index contributed by atoms with van der Waals surface area (Å²) in [5.74, 6) is 0.204. The number of pyridine rings is 1. The number of fused-ring (bicyclic) bond motifs is 2. The number of rotatable bonds is 11. The number of piperazine rings is 1. The summed E-state index contributed by atoms with van der Waals surface area (Å²) >= 11 is 6.25. The first-order valence-electron chi connectivity index (χ1n) is 20.0. The van der Waals surface area contributed by atoms with E-state index in [0.717, 1.165) is 97.8 Å². The number of ether oxygens (including phenoxy) is 3. The van der Waals surface area contributed by atoms with Crippen molar-refractivity contribution in [2.75, 3.05) is 69.4 Å². The quantitative estimate of drug-likeness (QED) is 0.110. The molecule has 2 aliphatic heterocycles. The van der Waals surface area contributed by atoms with Crippen LogP contribution >= 0.6 is 11.6 Å². The molecule has 11 heteroatoms. The van der Waals surface area contributed by atoms with E-state index in [9.17, 15) is 4.79 Å². The molecule has 3 aliphatic rings. The van der Waals surface area contributed by atoms with Crippen molar-refractivity contribution in [1.82, 2.24) is 14.5 Å². The summed E-state index contributed by atoms with van der Waals surface area (Å²) in [6.45, 7) is 20.6. The second-order valence-electron chi connectivity index (χ2n) is 17.5. The van der Waals surface area contributed by atoms with E-state index in [1.165, 1.54) is 24.7 Å². The molecule has 1 fully saturated rings. The zero-order valence-corrected chi connectivity index (χ0v) is 35.5. The summed E-state index contributed by atoms with van der Waals surface area (Å²) in [6, 6.07) is 19.9. The van der Waals surface area contributed by atoms with Crippen LogP contribution in [0.4, 0.5) is 17.1 Å². The van der Waals surface area contributed by atoms with E-state index in [-0.39, 0.29) is 12.2 Å². The predicted octanol–water partition coefficient (Wildman–Crippen LogP) is 10.1. The molecule has 4 heterocycles. The Balaban J connectivity index is 1.12. The predicted molar refractivity (Wildman–Crippen MR) is 228 cm³/mol. The Morgan fingerprint density at radius 3 is 2.49 bits per heavy atom. The fraction of sp³-hybridized carbons (Fsp3) is 0.500. The minimum Gasteiger partial charge on any atom is -0.476 e. The van der Waals surface area contributed by atoms with Crippen molar-refractivity contribution < 1.29 is 19.0 Å². The summed E-state index contributed by atoms with van der Waals surface area (Å²) in [6.07, 6.45) is 6.09. The van der Waals surface area contributed by atoms with Gasteiger partial charge in [-0.1, -0.05) is 62.8 Å². The number of methoxy groups -OCH3 is 1. The monoisotopic (exact) mass is 783 g/mol. The fourth-order valence-electron chi connectivity index (χ4n) is 8.24. The second-order valence-corrected chi connectivity index (χ2v) is 23.5. The molecule has 294 valence electrons. The largest absolute Gasteiger partial charge is 0.476 e. The maximum Gasteiger partial charge on any atom is 0.339 e. The first-order chi connectivity index (χ1) is 26.3. The van der Waals surface area contributed by atoms with Gasteiger partial charge in [0.05, 0.1) is 25.0 Å². The number of allylic oxidation sites excluding steroid dienone is 1. The summed E-state index contributed by atoms with van der Waals surface area (Å²) in [5.41, 5.74) is 8.76. The van der Waals surface area contributed by atoms with Crippen molar-refractivity contribution in [2.24, 2.45) is 5.41 Å². The molecule has 1 unspecified atom stereocenters. The van der Waals surface area contributed by atoms with Crippen molar-refractivity contribution >= 4 is 59.3 Å². The van der Waals surface area contributed by atoms with Gasteiger partial charge in [-0.2, -0.15) is 4.98 Å². The molecule has 2 aromatic carbocycles. The highest BCUT2D eigenvalue weighted by Crippen LogP contribution is 2.44. The van der Waals surface area contributed by atoms with Crippen LogP contribution in [0.3, 0.4) is 0 Å². The highest BCUT2D eigenvalue weighted by Gasteiger charge is 2.31. The molecule has 2 aromatic heterocycles. The number of carbonyl (C=O) groups excluding carboxylic acids is 1. The van der Waals surface area contributed by atoms with Gasteiger partial charge in [-0.15, -0.1) is 0 Å². The van der Waals surface area contributed by atoms with Gasteiger partial charge in [-0.05, 0) is 97.7 Å². The van der Waals surface area contributed by atoms with Gasteiger partial charge in [0.25, 0.3) is 0 Å². The number of hydrogen-bond donors (Lipinski definition) is 0. The Labute approximate surface area is 333 Å². The average Bonchev–Trinajstić information content (AvgIpc) is 3.45. The van der Waals surface area contributed by atoms with Crippen molar-refractivity contribution in [1.29, 1.82) is 0 Å². The molecule has 0 saturated carbocycles. The Hall–Kier alpha value is -3.83. The average molecular weight is 785 g/mol. The molecular weight excluding hydrogens is 726 g/mol. The number of esters is 1. The SMILES string of the molecule is COC(=O)c1ccc(N2CCN(CC3=C(c4ccc(Cl)cc4)CCC(C)(C)C3)CC2)cc1N1CCCOc2nc3c(ccn3C(C)OCC[Si](C)(C)C)cc21. The molecule has 55 heavy (non-hydrogen) atoms. The van der Waals surface area contributed by atoms with Crippen molar-refractivity contribution in [3.63, 3.8) is 0 Å². The molecule has 0 bridgehead atoms. The lowest BCUT2D eigenvalue weighted by atomic mass is 9.73. The van der Waals surface area contributed by atoms with Crippen LogP contribution in [0.5, 0.6) is 5.88 Å². The molecule has 1 atom stereocenters. The Morgan fingerprint density at radius 1 is 1.00 bits per heavy atom. The van der Waals surface area contributed by atoms with E-state index in [2.05, 4.69) is 96.1 Å². The molecule has 1 aliphatic carbocycles. The Kier molecular flexibility index (Phi) is 11.7. The van der Waals surface area contributed by atoms with Gasteiger partial charge < -0.3 is 28.6 Å². The van der Waals surface area contributed by atoms with Gasteiger partial charge in [-0.25, -0.2) is 4.79 Å². The van der Waals surface area contributed by atoms with Gasteiger partial charge in [0, 0.05) is 76.2 Å². The number of benzene rings is 2. The van der Waals surface area contributed by atoms with Crippen LogP contribution in [-0.2, 0) is 9.47 Å². The lowest BCUT2D eigenvalue weighted by Crippen LogP contribution is -2.47. The van der Waals surface area contributed by atoms with E-state index < -0.39 is 8.07 Å². The van der Waals surface area contributed by atoms with Crippen LogP contribution in [0.2, 0.25) is 30.7 Å². The number of nitrogens with zero attached hydrogens (tertiary/aromatic N) is 5. The summed E-state index contributed by atoms with van der Waals surface area (Å²) in [7, 11) is 0.237. The number of hydrogen-bond acceptors (Lipinski definition) is 8. The van der Waals surface area contributed by atoms with E-state index >= 15 is 0 Å². The van der Waals surface area contributed by atoms with Crippen LogP contribution < -0.4 is 14.5 Å². The van der Waals surface area contributed by atoms with Crippen LogP contribution in [0.1, 0.15) is 68.6 Å². The van der Waals surface area contributed by atoms with Gasteiger partial charge in [0.15, 0.2) is 0 Å². The fourth-order valence-corrected chi connectivity index (χ4v) is 9.10. The minimum atomic E-state index is -1.21. The lowest BCUT2D eigenvalue weighted by molar-refractivity contribution is 0.0271. The zero-order chi connectivity index (χ0) is 38.9. The van der Waals surface area contributed by atoms with E-state index in [1.807, 2.05) is 24.4 Å². The second kappa shape index (κ2) is 16.3. The van der Waals surface area contributed by atoms with Crippen LogP contribution in [0.25, 0.3) is 16.6 Å². The normalized spacial score (nSPS) is 18.5. The molecule has 0 amide bonds. The van der Waals surface area contributed by atoms with Crippen molar-refractivity contribution in [3.8, 4) is 5.88 Å².